The van der Waals surface area contributed by atoms with Gasteiger partial charge in [0.2, 0.25) is 5.69 Å². The summed E-state index contributed by atoms with van der Waals surface area (Å²) in [5, 5.41) is 0. The van der Waals surface area contributed by atoms with E-state index in [0.717, 1.165) is 27.9 Å². The molecular formula is C23H26N+. The van der Waals surface area contributed by atoms with E-state index in [1.165, 1.54) is 0 Å². The van der Waals surface area contributed by atoms with Crippen molar-refractivity contribution >= 4 is 0 Å². The van der Waals surface area contributed by atoms with Crippen molar-refractivity contribution in [2.75, 3.05) is 0 Å². The first-order chi connectivity index (χ1) is 13.0. The molecule has 0 radical (unpaired) electrons. The molecule has 1 heterocycles. The van der Waals surface area contributed by atoms with E-state index in [0.29, 0.717) is 5.56 Å². The van der Waals surface area contributed by atoms with Gasteiger partial charge in [-0.2, -0.15) is 0 Å². The average molecular weight is 320 g/mol. The average Bonchev–Trinajstić information content (AvgIpc) is 2.61. The maximum atomic E-state index is 8.49. The molecule has 0 atom stereocenters. The van der Waals surface area contributed by atoms with Crippen molar-refractivity contribution in [3.8, 4) is 22.4 Å². The number of aryl methyl sites for hydroxylation is 3. The van der Waals surface area contributed by atoms with E-state index in [4.69, 9.17) is 5.48 Å². The van der Waals surface area contributed by atoms with Crippen LogP contribution in [0.1, 0.15) is 41.9 Å². The smallest absolute Gasteiger partial charge is 0.201 e. The highest BCUT2D eigenvalue weighted by Gasteiger charge is 2.17. The standard InChI is InChI=1S/C23H26N/c1-16(2)21-14-23(24(5)15-18(21)4)22-13-20(12-11-17(22)3)19-9-7-6-8-10-19/h6-16H,1-5H3/q+1/i4D3,16D. The minimum Gasteiger partial charge on any atom is -0.201 e. The summed E-state index contributed by atoms with van der Waals surface area (Å²) in [5.41, 5.74) is 6.04. The molecule has 122 valence electrons. The number of benzene rings is 2. The van der Waals surface area contributed by atoms with Crippen LogP contribution in [0.25, 0.3) is 22.4 Å². The number of pyridine rings is 1. The largest absolute Gasteiger partial charge is 0.212 e. The molecule has 0 amide bonds. The number of rotatable bonds is 3. The van der Waals surface area contributed by atoms with Crippen molar-refractivity contribution in [2.45, 2.75) is 33.5 Å². The molecule has 2 aromatic carbocycles. The van der Waals surface area contributed by atoms with Crippen LogP contribution < -0.4 is 4.57 Å². The molecule has 0 saturated heterocycles. The molecule has 0 aliphatic heterocycles. The van der Waals surface area contributed by atoms with Gasteiger partial charge in [-0.05, 0) is 48.0 Å². The van der Waals surface area contributed by atoms with Crippen LogP contribution >= 0.6 is 0 Å². The Balaban J connectivity index is 2.25. The molecule has 0 saturated carbocycles. The second-order valence-corrected chi connectivity index (χ2v) is 6.49. The summed E-state index contributed by atoms with van der Waals surface area (Å²) in [6.07, 6.45) is 1.66. The summed E-state index contributed by atoms with van der Waals surface area (Å²) < 4.78 is 34.0. The first kappa shape index (κ1) is 12.0. The van der Waals surface area contributed by atoms with E-state index >= 15 is 0 Å². The monoisotopic (exact) mass is 320 g/mol. The topological polar surface area (TPSA) is 3.88 Å². The van der Waals surface area contributed by atoms with Crippen LogP contribution in [-0.2, 0) is 7.05 Å². The van der Waals surface area contributed by atoms with E-state index in [1.54, 1.807) is 20.0 Å². The fourth-order valence-corrected chi connectivity index (χ4v) is 3.04. The van der Waals surface area contributed by atoms with E-state index in [-0.39, 0.29) is 5.56 Å². The minimum absolute atomic E-state index is 0.232. The second kappa shape index (κ2) is 6.60. The van der Waals surface area contributed by atoms with Gasteiger partial charge in [0.15, 0.2) is 6.20 Å². The third-order valence-electron chi connectivity index (χ3n) is 4.43. The zero-order valence-corrected chi connectivity index (χ0v) is 14.7. The molecule has 1 nitrogen and oxygen atoms in total. The maximum absolute atomic E-state index is 8.49. The Morgan fingerprint density at radius 3 is 2.38 bits per heavy atom. The molecule has 0 unspecified atom stereocenters. The molecule has 1 heteroatoms. The molecule has 24 heavy (non-hydrogen) atoms. The first-order valence-electron chi connectivity index (χ1n) is 10.2. The quantitative estimate of drug-likeness (QED) is 0.554. The fraction of sp³-hybridized carbons (Fsp3) is 0.261. The van der Waals surface area contributed by atoms with Gasteiger partial charge in [-0.1, -0.05) is 56.3 Å². The highest BCUT2D eigenvalue weighted by atomic mass is 14.9. The highest BCUT2D eigenvalue weighted by molar-refractivity contribution is 5.73. The Bertz CT molecular complexity index is 1000. The van der Waals surface area contributed by atoms with Gasteiger partial charge in [-0.15, -0.1) is 0 Å². The Morgan fingerprint density at radius 1 is 0.958 bits per heavy atom. The lowest BCUT2D eigenvalue weighted by Gasteiger charge is -2.13. The number of hydrogen-bond donors (Lipinski definition) is 0. The van der Waals surface area contributed by atoms with E-state index in [1.807, 2.05) is 42.8 Å². The van der Waals surface area contributed by atoms with Gasteiger partial charge in [0, 0.05) is 22.7 Å². The molecule has 0 bridgehead atoms. The molecule has 0 aliphatic carbocycles. The van der Waals surface area contributed by atoms with Crippen molar-refractivity contribution in [1.82, 2.24) is 0 Å². The molecule has 0 spiro atoms. The van der Waals surface area contributed by atoms with Crippen LogP contribution in [0.2, 0.25) is 0 Å². The van der Waals surface area contributed by atoms with Crippen LogP contribution in [0.4, 0.5) is 0 Å². The maximum Gasteiger partial charge on any atom is 0.212 e. The van der Waals surface area contributed by atoms with Crippen molar-refractivity contribution < 1.29 is 10.1 Å². The molecule has 3 rings (SSSR count). The fourth-order valence-electron chi connectivity index (χ4n) is 3.04. The summed E-state index contributed by atoms with van der Waals surface area (Å²) >= 11 is 0. The first-order valence-corrected chi connectivity index (χ1v) is 8.19. The van der Waals surface area contributed by atoms with Crippen LogP contribution in [0.15, 0.2) is 60.8 Å². The Kier molecular flexibility index (Phi) is 3.31. The molecule has 0 N–H and O–H groups in total. The van der Waals surface area contributed by atoms with Crippen molar-refractivity contribution in [2.24, 2.45) is 7.05 Å². The van der Waals surface area contributed by atoms with Gasteiger partial charge in [-0.25, -0.2) is 4.57 Å². The van der Waals surface area contributed by atoms with Crippen molar-refractivity contribution in [3.63, 3.8) is 0 Å². The van der Waals surface area contributed by atoms with Gasteiger partial charge >= 0.3 is 0 Å². The van der Waals surface area contributed by atoms with Crippen LogP contribution in [0.5, 0.6) is 0 Å². The minimum atomic E-state index is -2.26. The zero-order valence-electron chi connectivity index (χ0n) is 18.7. The molecule has 0 fully saturated rings. The van der Waals surface area contributed by atoms with Crippen LogP contribution in [0, 0.1) is 13.8 Å². The van der Waals surface area contributed by atoms with Gasteiger partial charge in [0.05, 0.1) is 0 Å². The number of aromatic nitrogens is 1. The summed E-state index contributed by atoms with van der Waals surface area (Å²) in [6, 6.07) is 18.4. The van der Waals surface area contributed by atoms with E-state index in [2.05, 4.69) is 30.3 Å². The zero-order chi connectivity index (χ0) is 20.7. The lowest BCUT2D eigenvalue weighted by Crippen LogP contribution is -2.32. The van der Waals surface area contributed by atoms with Crippen molar-refractivity contribution in [3.05, 3.63) is 77.5 Å². The Hall–Kier alpha value is -2.41. The third-order valence-corrected chi connectivity index (χ3v) is 4.43. The second-order valence-electron chi connectivity index (χ2n) is 6.49. The van der Waals surface area contributed by atoms with Crippen LogP contribution in [-0.4, -0.2) is 0 Å². The van der Waals surface area contributed by atoms with Crippen LogP contribution in [0.3, 0.4) is 0 Å². The Morgan fingerprint density at radius 2 is 1.71 bits per heavy atom. The summed E-state index contributed by atoms with van der Waals surface area (Å²) in [5.74, 6) is -1.02. The summed E-state index contributed by atoms with van der Waals surface area (Å²) in [4.78, 5) is 0. The summed E-state index contributed by atoms with van der Waals surface area (Å²) in [6.45, 7) is 3.25. The molecule has 3 aromatic rings. The Labute approximate surface area is 151 Å². The van der Waals surface area contributed by atoms with E-state index < -0.39 is 12.7 Å². The van der Waals surface area contributed by atoms with E-state index in [9.17, 15) is 0 Å². The lowest BCUT2D eigenvalue weighted by atomic mass is 9.93. The van der Waals surface area contributed by atoms with Gasteiger partial charge in [-0.3, -0.25) is 0 Å². The number of nitrogens with zero attached hydrogens (tertiary/aromatic N) is 1. The van der Waals surface area contributed by atoms with Gasteiger partial charge < -0.3 is 0 Å². The van der Waals surface area contributed by atoms with Crippen molar-refractivity contribution in [1.29, 1.82) is 0 Å². The predicted octanol–water partition coefficient (Wildman–Crippen LogP) is 5.59. The molecule has 0 aliphatic rings. The van der Waals surface area contributed by atoms with Gasteiger partial charge in [0.25, 0.3) is 0 Å². The lowest BCUT2D eigenvalue weighted by molar-refractivity contribution is -0.660. The normalized spacial score (nSPS) is 14.5. The molecule has 1 aromatic heterocycles. The molecular weight excluding hydrogens is 290 g/mol. The predicted molar refractivity (Wildman–Crippen MR) is 102 cm³/mol. The van der Waals surface area contributed by atoms with Gasteiger partial charge in [0.1, 0.15) is 7.05 Å². The number of hydrogen-bond acceptors (Lipinski definition) is 0. The highest BCUT2D eigenvalue weighted by Crippen LogP contribution is 2.30. The third kappa shape index (κ3) is 3.12. The SMILES string of the molecule is [2H]C([2H])([2H])c1c[n+](C)c(-c2cc(-c3ccccc3)ccc2C)cc1C([2H])(C)C. The summed E-state index contributed by atoms with van der Waals surface area (Å²) in [7, 11) is 1.86.